The van der Waals surface area contributed by atoms with E-state index >= 15 is 0 Å². The summed E-state index contributed by atoms with van der Waals surface area (Å²) in [4.78, 5) is 72.9. The largest absolute Gasteiger partial charge is 0.472 e. The van der Waals surface area contributed by atoms with Crippen molar-refractivity contribution in [2.75, 3.05) is 39.6 Å². The molecule has 0 aliphatic rings. The lowest BCUT2D eigenvalue weighted by molar-refractivity contribution is -0.161. The van der Waals surface area contributed by atoms with Crippen LogP contribution in [-0.2, 0) is 65.4 Å². The van der Waals surface area contributed by atoms with E-state index in [2.05, 4.69) is 58.9 Å². The van der Waals surface area contributed by atoms with Gasteiger partial charge in [0.05, 0.1) is 26.4 Å². The van der Waals surface area contributed by atoms with Crippen molar-refractivity contribution in [1.29, 1.82) is 0 Å². The maximum atomic E-state index is 13.1. The number of hydrogen-bond acceptors (Lipinski definition) is 15. The first kappa shape index (κ1) is 93.5. The van der Waals surface area contributed by atoms with Crippen molar-refractivity contribution in [1.82, 2.24) is 0 Å². The molecule has 19 heteroatoms. The van der Waals surface area contributed by atoms with Crippen molar-refractivity contribution in [3.63, 3.8) is 0 Å². The second-order valence-corrected chi connectivity index (χ2v) is 30.4. The minimum atomic E-state index is -4.97. The normalized spacial score (nSPS) is 14.1. The van der Waals surface area contributed by atoms with Gasteiger partial charge in [0.15, 0.2) is 12.2 Å². The van der Waals surface area contributed by atoms with Gasteiger partial charge in [0.1, 0.15) is 19.3 Å². The van der Waals surface area contributed by atoms with Gasteiger partial charge < -0.3 is 33.8 Å². The Morgan fingerprint density at radius 3 is 0.854 bits per heavy atom. The number of phosphoric acid groups is 2. The van der Waals surface area contributed by atoms with E-state index in [0.29, 0.717) is 25.7 Å². The Kier molecular flexibility index (Phi) is 67.8. The highest BCUT2D eigenvalue weighted by atomic mass is 31.2. The van der Waals surface area contributed by atoms with Gasteiger partial charge in [-0.2, -0.15) is 0 Å². The van der Waals surface area contributed by atoms with E-state index in [1.54, 1.807) is 0 Å². The first-order chi connectivity index (χ1) is 46.5. The van der Waals surface area contributed by atoms with Gasteiger partial charge in [-0.3, -0.25) is 37.3 Å². The second-order valence-electron chi connectivity index (χ2n) is 27.5. The van der Waals surface area contributed by atoms with Crippen molar-refractivity contribution in [2.45, 2.75) is 400 Å². The Balaban J connectivity index is 5.30. The van der Waals surface area contributed by atoms with Crippen LogP contribution in [0.3, 0.4) is 0 Å². The average Bonchev–Trinajstić information content (AvgIpc) is 1.77. The van der Waals surface area contributed by atoms with Gasteiger partial charge in [0.2, 0.25) is 0 Å². The summed E-state index contributed by atoms with van der Waals surface area (Å²) in [5.74, 6) is -1.36. The molecular formula is C77H146O17P2. The summed E-state index contributed by atoms with van der Waals surface area (Å²) in [6.45, 7) is 7.25. The monoisotopic (exact) mass is 1410 g/mol. The van der Waals surface area contributed by atoms with Crippen molar-refractivity contribution >= 4 is 39.5 Å². The molecule has 0 rings (SSSR count). The molecule has 0 aromatic carbocycles. The summed E-state index contributed by atoms with van der Waals surface area (Å²) < 4.78 is 68.5. The highest BCUT2D eigenvalue weighted by Crippen LogP contribution is 2.45. The number of aliphatic hydroxyl groups excluding tert-OH is 1. The first-order valence-electron chi connectivity index (χ1n) is 39.5. The number of phosphoric ester groups is 2. The van der Waals surface area contributed by atoms with Crippen LogP contribution in [0.25, 0.3) is 0 Å². The van der Waals surface area contributed by atoms with Crippen LogP contribution in [0, 0.1) is 5.92 Å². The standard InChI is InChI=1S/C77H146O17P2/c1-6-9-12-15-18-21-24-27-28-31-38-43-48-53-58-63-77(82)94-73(67-88-75(80)61-56-51-46-41-36-33-32-34-39-44-49-54-59-70(4)5)69-92-96(85,86)90-65-71(78)64-89-95(83,84)91-68-72(93-76(81)62-57-52-47-42-37-30-26-23-20-17-14-11-8-3)66-87-74(79)60-55-50-45-40-35-29-25-22-19-16-13-10-7-2/h21,24,27-28,70-73,78H,6-20,22-23,25-26,29-69H2,1-5H3,(H,83,84)(H,85,86)/b24-21-,28-27-/t71-,72+,73+/m0/s1. The summed E-state index contributed by atoms with van der Waals surface area (Å²) in [5, 5.41) is 10.6. The van der Waals surface area contributed by atoms with E-state index in [9.17, 15) is 43.2 Å². The Morgan fingerprint density at radius 1 is 0.323 bits per heavy atom. The lowest BCUT2D eigenvalue weighted by Gasteiger charge is -2.21. The Hall–Kier alpha value is -2.46. The van der Waals surface area contributed by atoms with Crippen molar-refractivity contribution in [3.8, 4) is 0 Å². The number of ether oxygens (including phenoxy) is 4. The maximum absolute atomic E-state index is 13.1. The third-order valence-electron chi connectivity index (χ3n) is 17.4. The molecule has 0 aromatic rings. The third-order valence-corrected chi connectivity index (χ3v) is 19.3. The molecule has 0 bridgehead atoms. The van der Waals surface area contributed by atoms with E-state index in [0.717, 1.165) is 109 Å². The Morgan fingerprint density at radius 2 is 0.562 bits per heavy atom. The van der Waals surface area contributed by atoms with Crippen LogP contribution in [0.15, 0.2) is 24.3 Å². The number of carbonyl (C=O) groups excluding carboxylic acids is 4. The molecule has 0 saturated heterocycles. The zero-order valence-corrected chi connectivity index (χ0v) is 63.8. The van der Waals surface area contributed by atoms with E-state index in [1.807, 2.05) is 0 Å². The Bertz CT molecular complexity index is 1930. The molecule has 0 radical (unpaired) electrons. The molecule has 2 unspecified atom stereocenters. The van der Waals surface area contributed by atoms with E-state index in [1.165, 1.54) is 193 Å². The van der Waals surface area contributed by atoms with Crippen LogP contribution in [-0.4, -0.2) is 96.7 Å². The summed E-state index contributed by atoms with van der Waals surface area (Å²) in [6, 6.07) is 0. The van der Waals surface area contributed by atoms with Crippen LogP contribution >= 0.6 is 15.6 Å². The highest BCUT2D eigenvalue weighted by Gasteiger charge is 2.30. The Labute approximate surface area is 586 Å². The predicted octanol–water partition coefficient (Wildman–Crippen LogP) is 22.4. The number of carbonyl (C=O) groups is 4. The fraction of sp³-hybridized carbons (Fsp3) is 0.896. The quantitative estimate of drug-likeness (QED) is 0.0169. The van der Waals surface area contributed by atoms with Gasteiger partial charge in [0.25, 0.3) is 0 Å². The number of allylic oxidation sites excluding steroid dienone is 4. The molecule has 0 spiro atoms. The minimum Gasteiger partial charge on any atom is -0.462 e. The summed E-state index contributed by atoms with van der Waals surface area (Å²) in [6.07, 6.45) is 61.6. The summed E-state index contributed by atoms with van der Waals surface area (Å²) >= 11 is 0. The summed E-state index contributed by atoms with van der Waals surface area (Å²) in [7, 11) is -9.92. The SMILES string of the molecule is CCCCCC/C=C\C=C/CCCCCCCC(=O)O[C@H](COC(=O)CCCCCCCCCCCCCCC(C)C)COP(=O)(O)OC[C@@H](O)COP(=O)(O)OC[C@@H](COC(=O)CCCCCCCCCCCCCCC)OC(=O)CCCCCCCCCCCCCCC. The molecule has 0 amide bonds. The fourth-order valence-corrected chi connectivity index (χ4v) is 12.9. The van der Waals surface area contributed by atoms with Gasteiger partial charge in [-0.25, -0.2) is 9.13 Å². The summed E-state index contributed by atoms with van der Waals surface area (Å²) in [5.41, 5.74) is 0. The molecule has 17 nitrogen and oxygen atoms in total. The molecule has 5 atom stereocenters. The van der Waals surface area contributed by atoms with Gasteiger partial charge in [-0.1, -0.05) is 329 Å². The molecule has 0 heterocycles. The number of aliphatic hydroxyl groups is 1. The molecule has 0 aromatic heterocycles. The molecule has 96 heavy (non-hydrogen) atoms. The predicted molar refractivity (Wildman–Crippen MR) is 391 cm³/mol. The van der Waals surface area contributed by atoms with Crippen molar-refractivity contribution < 1.29 is 80.2 Å². The van der Waals surface area contributed by atoms with Gasteiger partial charge in [0, 0.05) is 25.7 Å². The van der Waals surface area contributed by atoms with Crippen molar-refractivity contribution in [2.24, 2.45) is 5.92 Å². The molecular weight excluding hydrogens is 1260 g/mol. The highest BCUT2D eigenvalue weighted by molar-refractivity contribution is 7.47. The smallest absolute Gasteiger partial charge is 0.462 e. The molecule has 0 saturated carbocycles. The van der Waals surface area contributed by atoms with E-state index in [4.69, 9.17) is 37.0 Å². The fourth-order valence-electron chi connectivity index (χ4n) is 11.3. The number of hydrogen-bond donors (Lipinski definition) is 3. The third kappa shape index (κ3) is 70.0. The van der Waals surface area contributed by atoms with Crippen LogP contribution in [0.1, 0.15) is 381 Å². The zero-order valence-electron chi connectivity index (χ0n) is 62.0. The van der Waals surface area contributed by atoms with E-state index < -0.39 is 97.5 Å². The van der Waals surface area contributed by atoms with Crippen LogP contribution in [0.5, 0.6) is 0 Å². The maximum Gasteiger partial charge on any atom is 0.472 e. The first-order valence-corrected chi connectivity index (χ1v) is 42.4. The molecule has 0 fully saturated rings. The lowest BCUT2D eigenvalue weighted by Crippen LogP contribution is -2.30. The van der Waals surface area contributed by atoms with Gasteiger partial charge in [-0.05, 0) is 57.3 Å². The van der Waals surface area contributed by atoms with Crippen LogP contribution in [0.2, 0.25) is 0 Å². The number of esters is 4. The topological polar surface area (TPSA) is 237 Å². The van der Waals surface area contributed by atoms with Gasteiger partial charge in [-0.15, -0.1) is 0 Å². The number of unbranched alkanes of at least 4 members (excludes halogenated alkanes) is 44. The van der Waals surface area contributed by atoms with E-state index in [-0.39, 0.29) is 25.7 Å². The molecule has 566 valence electrons. The number of rotatable bonds is 75. The molecule has 0 aliphatic heterocycles. The van der Waals surface area contributed by atoms with Crippen LogP contribution in [0.4, 0.5) is 0 Å². The van der Waals surface area contributed by atoms with Crippen LogP contribution < -0.4 is 0 Å². The molecule has 3 N–H and O–H groups in total. The second kappa shape index (κ2) is 69.6. The van der Waals surface area contributed by atoms with Crippen molar-refractivity contribution in [3.05, 3.63) is 24.3 Å². The average molecular weight is 1410 g/mol. The van der Waals surface area contributed by atoms with Gasteiger partial charge >= 0.3 is 39.5 Å². The lowest BCUT2D eigenvalue weighted by atomic mass is 10.0. The minimum absolute atomic E-state index is 0.0854. The molecule has 0 aliphatic carbocycles. The zero-order chi connectivity index (χ0) is 70.5.